The smallest absolute Gasteiger partial charge is 0.348 e. The van der Waals surface area contributed by atoms with Gasteiger partial charge in [-0.05, 0) is 41.6 Å². The van der Waals surface area contributed by atoms with E-state index in [1.807, 2.05) is 30.3 Å². The molecular weight excluding hydrogens is 299 g/mol. The van der Waals surface area contributed by atoms with Crippen LogP contribution < -0.4 is 5.32 Å². The fourth-order valence-corrected chi connectivity index (χ4v) is 2.23. The predicted octanol–water partition coefficient (Wildman–Crippen LogP) is 4.23. The molecule has 0 atom stereocenters. The Morgan fingerprint density at radius 1 is 1.00 bits per heavy atom. The summed E-state index contributed by atoms with van der Waals surface area (Å²) in [7, 11) is 0. The molecule has 2 aromatic carbocycles. The van der Waals surface area contributed by atoms with Crippen LogP contribution in [0.2, 0.25) is 0 Å². The molecule has 0 aliphatic rings. The Morgan fingerprint density at radius 2 is 1.62 bits per heavy atom. The quantitative estimate of drug-likeness (QED) is 0.856. The molecule has 21 heavy (non-hydrogen) atoms. The zero-order valence-electron chi connectivity index (χ0n) is 10.9. The van der Waals surface area contributed by atoms with Crippen LogP contribution in [0, 0.1) is 0 Å². The van der Waals surface area contributed by atoms with Crippen molar-refractivity contribution in [2.45, 2.75) is 16.9 Å². The van der Waals surface area contributed by atoms with E-state index in [2.05, 4.69) is 5.32 Å². The molecule has 2 nitrogen and oxygen atoms in total. The summed E-state index contributed by atoms with van der Waals surface area (Å²) >= 11 is -0.200. The molecule has 0 fully saturated rings. The van der Waals surface area contributed by atoms with Crippen molar-refractivity contribution in [1.29, 1.82) is 0 Å². The molecule has 0 radical (unpaired) electrons. The molecule has 0 saturated heterocycles. The zero-order chi connectivity index (χ0) is 15.3. The number of carbonyl (C=O) groups excluding carboxylic acids is 1. The van der Waals surface area contributed by atoms with Gasteiger partial charge in [0.05, 0.1) is 0 Å². The molecule has 1 amide bonds. The molecule has 0 bridgehead atoms. The maximum atomic E-state index is 12.2. The van der Waals surface area contributed by atoms with Gasteiger partial charge in [0.2, 0.25) is 0 Å². The third-order valence-corrected chi connectivity index (χ3v) is 3.39. The number of nitrogens with one attached hydrogen (secondary N) is 1. The van der Waals surface area contributed by atoms with E-state index in [4.69, 9.17) is 0 Å². The van der Waals surface area contributed by atoms with E-state index in [0.29, 0.717) is 12.1 Å². The van der Waals surface area contributed by atoms with Crippen LogP contribution in [0.5, 0.6) is 0 Å². The Hall–Kier alpha value is -1.95. The summed E-state index contributed by atoms with van der Waals surface area (Å²) in [6.45, 7) is 0.374. The molecule has 0 aliphatic carbocycles. The lowest BCUT2D eigenvalue weighted by Gasteiger charge is -2.07. The first-order valence-corrected chi connectivity index (χ1v) is 6.93. The first-order valence-electron chi connectivity index (χ1n) is 6.12. The Balaban J connectivity index is 1.94. The Bertz CT molecular complexity index is 597. The second-order valence-corrected chi connectivity index (χ2v) is 5.38. The van der Waals surface area contributed by atoms with Crippen molar-refractivity contribution >= 4 is 17.7 Å². The van der Waals surface area contributed by atoms with Crippen LogP contribution in [-0.4, -0.2) is 11.4 Å². The minimum atomic E-state index is -4.32. The molecule has 6 heteroatoms. The summed E-state index contributed by atoms with van der Waals surface area (Å²) in [6, 6.07) is 14.7. The van der Waals surface area contributed by atoms with Crippen LogP contribution in [0.3, 0.4) is 0 Å². The monoisotopic (exact) mass is 311 g/mol. The van der Waals surface area contributed by atoms with E-state index in [0.717, 1.165) is 5.56 Å². The van der Waals surface area contributed by atoms with Gasteiger partial charge < -0.3 is 5.32 Å². The van der Waals surface area contributed by atoms with E-state index >= 15 is 0 Å². The van der Waals surface area contributed by atoms with E-state index in [1.165, 1.54) is 24.3 Å². The summed E-state index contributed by atoms with van der Waals surface area (Å²) in [5.41, 5.74) is -3.04. The van der Waals surface area contributed by atoms with Crippen molar-refractivity contribution in [2.24, 2.45) is 0 Å². The van der Waals surface area contributed by atoms with E-state index in [1.54, 1.807) is 0 Å². The number of amides is 1. The van der Waals surface area contributed by atoms with Gasteiger partial charge in [-0.1, -0.05) is 30.3 Å². The normalized spacial score (nSPS) is 11.2. The van der Waals surface area contributed by atoms with Gasteiger partial charge in [0, 0.05) is 17.0 Å². The van der Waals surface area contributed by atoms with Crippen molar-refractivity contribution in [3.05, 3.63) is 65.7 Å². The summed E-state index contributed by atoms with van der Waals surface area (Å²) in [6.07, 6.45) is 0. The van der Waals surface area contributed by atoms with Crippen LogP contribution in [0.25, 0.3) is 0 Å². The number of benzene rings is 2. The van der Waals surface area contributed by atoms with Gasteiger partial charge >= 0.3 is 5.51 Å². The molecule has 1 N–H and O–H groups in total. The highest BCUT2D eigenvalue weighted by Crippen LogP contribution is 2.36. The summed E-state index contributed by atoms with van der Waals surface area (Å²) in [4.78, 5) is 11.9. The van der Waals surface area contributed by atoms with Gasteiger partial charge in [-0.25, -0.2) is 0 Å². The van der Waals surface area contributed by atoms with Gasteiger partial charge in [-0.15, -0.1) is 0 Å². The second-order valence-electron chi connectivity index (χ2n) is 4.24. The van der Waals surface area contributed by atoms with Crippen LogP contribution in [0.4, 0.5) is 13.2 Å². The minimum absolute atomic E-state index is 0.0575. The average molecular weight is 311 g/mol. The highest BCUT2D eigenvalue weighted by Gasteiger charge is 2.29. The molecular formula is C15H12F3NOS. The fraction of sp³-hybridized carbons (Fsp3) is 0.133. The van der Waals surface area contributed by atoms with Crippen molar-refractivity contribution in [3.8, 4) is 0 Å². The fourth-order valence-electron chi connectivity index (χ4n) is 1.69. The van der Waals surface area contributed by atoms with Crippen LogP contribution in [-0.2, 0) is 6.54 Å². The molecule has 110 valence electrons. The highest BCUT2D eigenvalue weighted by molar-refractivity contribution is 8.00. The van der Waals surface area contributed by atoms with Crippen LogP contribution >= 0.6 is 11.8 Å². The molecule has 0 saturated carbocycles. The van der Waals surface area contributed by atoms with Crippen LogP contribution in [0.15, 0.2) is 59.5 Å². The molecule has 0 unspecified atom stereocenters. The lowest BCUT2D eigenvalue weighted by atomic mass is 10.2. The van der Waals surface area contributed by atoms with Crippen LogP contribution in [0.1, 0.15) is 15.9 Å². The Kier molecular flexibility index (Phi) is 4.90. The van der Waals surface area contributed by atoms with Crippen molar-refractivity contribution in [2.75, 3.05) is 0 Å². The van der Waals surface area contributed by atoms with E-state index < -0.39 is 5.51 Å². The molecule has 2 aromatic rings. The number of thioether (sulfide) groups is 1. The van der Waals surface area contributed by atoms with Gasteiger partial charge in [-0.3, -0.25) is 4.79 Å². The molecule has 0 spiro atoms. The molecule has 2 rings (SSSR count). The third-order valence-electron chi connectivity index (χ3n) is 2.65. The molecule has 0 aromatic heterocycles. The first-order chi connectivity index (χ1) is 9.94. The average Bonchev–Trinajstić information content (AvgIpc) is 2.45. The first kappa shape index (κ1) is 15.4. The number of rotatable bonds is 4. The zero-order valence-corrected chi connectivity index (χ0v) is 11.7. The highest BCUT2D eigenvalue weighted by atomic mass is 32.2. The summed E-state index contributed by atoms with van der Waals surface area (Å²) < 4.78 is 36.6. The summed E-state index contributed by atoms with van der Waals surface area (Å²) in [5.74, 6) is -0.317. The maximum absolute atomic E-state index is 12.2. The van der Waals surface area contributed by atoms with Crippen molar-refractivity contribution < 1.29 is 18.0 Å². The largest absolute Gasteiger partial charge is 0.446 e. The number of halogens is 3. The summed E-state index contributed by atoms with van der Waals surface area (Å²) in [5, 5.41) is 2.71. The van der Waals surface area contributed by atoms with E-state index in [-0.39, 0.29) is 22.6 Å². The Morgan fingerprint density at radius 3 is 2.19 bits per heavy atom. The lowest BCUT2D eigenvalue weighted by molar-refractivity contribution is -0.0328. The number of carbonyl (C=O) groups is 1. The van der Waals surface area contributed by atoms with Gasteiger partial charge in [-0.2, -0.15) is 13.2 Å². The number of hydrogen-bond acceptors (Lipinski definition) is 2. The lowest BCUT2D eigenvalue weighted by Crippen LogP contribution is -2.22. The van der Waals surface area contributed by atoms with Crippen molar-refractivity contribution in [1.82, 2.24) is 5.32 Å². The SMILES string of the molecule is O=C(NCc1ccccc1)c1ccc(SC(F)(F)F)cc1. The maximum Gasteiger partial charge on any atom is 0.446 e. The van der Waals surface area contributed by atoms with Gasteiger partial charge in [0.1, 0.15) is 0 Å². The third kappa shape index (κ3) is 5.15. The molecule has 0 heterocycles. The molecule has 0 aliphatic heterocycles. The Labute approximate surface area is 124 Å². The predicted molar refractivity (Wildman–Crippen MR) is 76.0 cm³/mol. The van der Waals surface area contributed by atoms with E-state index in [9.17, 15) is 18.0 Å². The topological polar surface area (TPSA) is 29.1 Å². The number of alkyl halides is 3. The van der Waals surface area contributed by atoms with Crippen molar-refractivity contribution in [3.63, 3.8) is 0 Å². The minimum Gasteiger partial charge on any atom is -0.348 e. The standard InChI is InChI=1S/C15H12F3NOS/c16-15(17,18)21-13-8-6-12(7-9-13)14(20)19-10-11-4-2-1-3-5-11/h1-9H,10H2,(H,19,20). The van der Waals surface area contributed by atoms with Gasteiger partial charge in [0.25, 0.3) is 5.91 Å². The second kappa shape index (κ2) is 6.67. The number of hydrogen-bond donors (Lipinski definition) is 1. The van der Waals surface area contributed by atoms with Gasteiger partial charge in [0.15, 0.2) is 0 Å².